The highest BCUT2D eigenvalue weighted by Crippen LogP contribution is 2.20. The van der Waals surface area contributed by atoms with Crippen molar-refractivity contribution in [2.75, 3.05) is 13.7 Å². The molecule has 0 unspecified atom stereocenters. The number of benzene rings is 1. The fourth-order valence-corrected chi connectivity index (χ4v) is 1.22. The summed E-state index contributed by atoms with van der Waals surface area (Å²) in [5.41, 5.74) is 5.71. The van der Waals surface area contributed by atoms with Crippen LogP contribution in [0.2, 0.25) is 0 Å². The molecule has 16 heavy (non-hydrogen) atoms. The van der Waals surface area contributed by atoms with E-state index in [1.54, 1.807) is 6.07 Å². The second-order valence-electron chi connectivity index (χ2n) is 3.10. The summed E-state index contributed by atoms with van der Waals surface area (Å²) < 4.78 is 23.0. The number of carbonyl (C=O) groups excluding carboxylic acids is 1. The number of halogens is 1. The third-order valence-electron chi connectivity index (χ3n) is 2.07. The number of nitrogens with two attached hydrogens (primary N) is 1. The zero-order chi connectivity index (χ0) is 12.0. The number of ether oxygens (including phenoxy) is 2. The predicted molar refractivity (Wildman–Crippen MR) is 56.4 cm³/mol. The van der Waals surface area contributed by atoms with E-state index in [1.165, 1.54) is 19.2 Å². The van der Waals surface area contributed by atoms with Gasteiger partial charge in [-0.15, -0.1) is 0 Å². The fraction of sp³-hybridized carbons (Fsp3) is 0.364. The molecule has 1 aromatic carbocycles. The monoisotopic (exact) mass is 227 g/mol. The Morgan fingerprint density at radius 2 is 2.25 bits per heavy atom. The minimum Gasteiger partial charge on any atom is -0.493 e. The van der Waals surface area contributed by atoms with Crippen molar-refractivity contribution in [2.45, 2.75) is 13.0 Å². The molecule has 0 aromatic heterocycles. The number of hydrogen-bond acceptors (Lipinski definition) is 4. The lowest BCUT2D eigenvalue weighted by atomic mass is 10.2. The van der Waals surface area contributed by atoms with Gasteiger partial charge in [-0.25, -0.2) is 4.39 Å². The van der Waals surface area contributed by atoms with Gasteiger partial charge in [0, 0.05) is 12.1 Å². The number of hydrogen-bond donors (Lipinski definition) is 1. The molecule has 0 saturated carbocycles. The van der Waals surface area contributed by atoms with Crippen LogP contribution in [0.4, 0.5) is 4.39 Å². The molecule has 0 atom stereocenters. The van der Waals surface area contributed by atoms with Crippen molar-refractivity contribution in [1.82, 2.24) is 0 Å². The van der Waals surface area contributed by atoms with Crippen molar-refractivity contribution in [3.63, 3.8) is 0 Å². The Balaban J connectivity index is 2.60. The zero-order valence-corrected chi connectivity index (χ0v) is 9.03. The third-order valence-corrected chi connectivity index (χ3v) is 2.07. The average molecular weight is 227 g/mol. The summed E-state index contributed by atoms with van der Waals surface area (Å²) in [7, 11) is 1.30. The Bertz CT molecular complexity index is 368. The molecule has 0 aliphatic heterocycles. The smallest absolute Gasteiger partial charge is 0.308 e. The molecule has 1 aromatic rings. The SMILES string of the molecule is COC(=O)CCOc1cccc(F)c1CN. The first-order chi connectivity index (χ1) is 7.69. The van der Waals surface area contributed by atoms with Gasteiger partial charge in [-0.05, 0) is 12.1 Å². The maximum atomic E-state index is 13.3. The van der Waals surface area contributed by atoms with Crippen molar-refractivity contribution in [3.05, 3.63) is 29.6 Å². The molecule has 2 N–H and O–H groups in total. The van der Waals surface area contributed by atoms with Gasteiger partial charge in [0.15, 0.2) is 0 Å². The largest absolute Gasteiger partial charge is 0.493 e. The molecule has 0 heterocycles. The van der Waals surface area contributed by atoms with Gasteiger partial charge in [0.25, 0.3) is 0 Å². The van der Waals surface area contributed by atoms with Crippen LogP contribution in [0, 0.1) is 5.82 Å². The molecule has 5 heteroatoms. The average Bonchev–Trinajstić information content (AvgIpc) is 2.29. The Hall–Kier alpha value is -1.62. The van der Waals surface area contributed by atoms with E-state index < -0.39 is 5.82 Å². The highest BCUT2D eigenvalue weighted by atomic mass is 19.1. The lowest BCUT2D eigenvalue weighted by Gasteiger charge is -2.10. The highest BCUT2D eigenvalue weighted by Gasteiger charge is 2.08. The zero-order valence-electron chi connectivity index (χ0n) is 9.03. The van der Waals surface area contributed by atoms with Crippen LogP contribution in [-0.4, -0.2) is 19.7 Å². The topological polar surface area (TPSA) is 61.5 Å². The first-order valence-corrected chi connectivity index (χ1v) is 4.86. The summed E-state index contributed by atoms with van der Waals surface area (Å²) in [6.07, 6.45) is 0.122. The minimum absolute atomic E-state index is 0.0558. The van der Waals surface area contributed by atoms with E-state index in [0.29, 0.717) is 11.3 Å². The van der Waals surface area contributed by atoms with Crippen LogP contribution < -0.4 is 10.5 Å². The van der Waals surface area contributed by atoms with Gasteiger partial charge in [0.1, 0.15) is 11.6 Å². The van der Waals surface area contributed by atoms with Gasteiger partial charge in [0.05, 0.1) is 20.1 Å². The summed E-state index contributed by atoms with van der Waals surface area (Å²) in [6, 6.07) is 4.46. The molecule has 0 radical (unpaired) electrons. The number of methoxy groups -OCH3 is 1. The molecule has 4 nitrogen and oxygen atoms in total. The van der Waals surface area contributed by atoms with Crippen LogP contribution in [0.3, 0.4) is 0 Å². The molecular weight excluding hydrogens is 213 g/mol. The van der Waals surface area contributed by atoms with E-state index in [-0.39, 0.29) is 25.5 Å². The molecule has 88 valence electrons. The Kier molecular flexibility index (Phi) is 4.72. The van der Waals surface area contributed by atoms with Crippen LogP contribution in [0.25, 0.3) is 0 Å². The van der Waals surface area contributed by atoms with Crippen molar-refractivity contribution >= 4 is 5.97 Å². The third kappa shape index (κ3) is 3.20. The van der Waals surface area contributed by atoms with Crippen molar-refractivity contribution in [2.24, 2.45) is 5.73 Å². The van der Waals surface area contributed by atoms with Crippen molar-refractivity contribution in [1.29, 1.82) is 0 Å². The van der Waals surface area contributed by atoms with Crippen molar-refractivity contribution in [3.8, 4) is 5.75 Å². The van der Waals surface area contributed by atoms with Gasteiger partial charge in [-0.3, -0.25) is 4.79 Å². The normalized spacial score (nSPS) is 9.94. The van der Waals surface area contributed by atoms with E-state index in [4.69, 9.17) is 10.5 Å². The van der Waals surface area contributed by atoms with Gasteiger partial charge < -0.3 is 15.2 Å². The highest BCUT2D eigenvalue weighted by molar-refractivity contribution is 5.69. The maximum absolute atomic E-state index is 13.3. The molecule has 0 saturated heterocycles. The molecule has 0 spiro atoms. The summed E-state index contributed by atoms with van der Waals surface area (Å²) in [5.74, 6) is -0.407. The summed E-state index contributed by atoms with van der Waals surface area (Å²) >= 11 is 0. The van der Waals surface area contributed by atoms with Crippen molar-refractivity contribution < 1.29 is 18.7 Å². The minimum atomic E-state index is -0.405. The van der Waals surface area contributed by atoms with Crippen LogP contribution in [-0.2, 0) is 16.1 Å². The molecule has 0 amide bonds. The van der Waals surface area contributed by atoms with E-state index in [9.17, 15) is 9.18 Å². The molecule has 1 rings (SSSR count). The summed E-state index contributed by atoms with van der Waals surface area (Å²) in [4.78, 5) is 10.8. The first-order valence-electron chi connectivity index (χ1n) is 4.86. The second kappa shape index (κ2) is 6.07. The van der Waals surface area contributed by atoms with Gasteiger partial charge in [-0.1, -0.05) is 6.07 Å². The van der Waals surface area contributed by atoms with E-state index >= 15 is 0 Å². The van der Waals surface area contributed by atoms with Crippen LogP contribution >= 0.6 is 0 Å². The van der Waals surface area contributed by atoms with E-state index in [2.05, 4.69) is 4.74 Å². The summed E-state index contributed by atoms with van der Waals surface area (Å²) in [5, 5.41) is 0. The maximum Gasteiger partial charge on any atom is 0.308 e. The molecule has 0 bridgehead atoms. The number of carbonyl (C=O) groups is 1. The van der Waals surface area contributed by atoms with Crippen LogP contribution in [0.5, 0.6) is 5.75 Å². The standard InChI is InChI=1S/C11H14FNO3/c1-15-11(14)5-6-16-10-4-2-3-9(12)8(10)7-13/h2-4H,5-7,13H2,1H3. The van der Waals surface area contributed by atoms with Crippen LogP contribution in [0.15, 0.2) is 18.2 Å². The van der Waals surface area contributed by atoms with Gasteiger partial charge in [-0.2, -0.15) is 0 Å². The number of rotatable bonds is 5. The van der Waals surface area contributed by atoms with Crippen LogP contribution in [0.1, 0.15) is 12.0 Å². The lowest BCUT2D eigenvalue weighted by Crippen LogP contribution is -2.10. The summed E-state index contributed by atoms with van der Waals surface area (Å²) in [6.45, 7) is 0.198. The molecular formula is C11H14FNO3. The number of esters is 1. The Morgan fingerprint density at radius 3 is 2.88 bits per heavy atom. The first kappa shape index (κ1) is 12.4. The molecule has 0 fully saturated rings. The van der Waals surface area contributed by atoms with Gasteiger partial charge in [0.2, 0.25) is 0 Å². The quantitative estimate of drug-likeness (QED) is 0.768. The Labute approximate surface area is 93.2 Å². The predicted octanol–water partition coefficient (Wildman–Crippen LogP) is 1.23. The van der Waals surface area contributed by atoms with Gasteiger partial charge >= 0.3 is 5.97 Å². The lowest BCUT2D eigenvalue weighted by molar-refractivity contribution is -0.141. The molecule has 0 aliphatic rings. The fourth-order valence-electron chi connectivity index (χ4n) is 1.22. The molecule has 0 aliphatic carbocycles. The van der Waals surface area contributed by atoms with E-state index in [1.807, 2.05) is 0 Å². The Morgan fingerprint density at radius 1 is 1.50 bits per heavy atom. The second-order valence-corrected chi connectivity index (χ2v) is 3.10. The van der Waals surface area contributed by atoms with E-state index in [0.717, 1.165) is 0 Å².